The lowest BCUT2D eigenvalue weighted by Gasteiger charge is -2.18. The van der Waals surface area contributed by atoms with E-state index in [0.29, 0.717) is 19.0 Å². The number of halogens is 1. The molecule has 1 saturated carbocycles. The van der Waals surface area contributed by atoms with E-state index >= 15 is 0 Å². The molecule has 2 aliphatic rings. The maximum Gasteiger partial charge on any atom is 0.222 e. The summed E-state index contributed by atoms with van der Waals surface area (Å²) in [7, 11) is 1.77. The molecule has 26 heavy (non-hydrogen) atoms. The number of nitrogens with one attached hydrogen (secondary N) is 2. The molecule has 1 aliphatic carbocycles. The molecule has 1 saturated heterocycles. The van der Waals surface area contributed by atoms with Crippen LogP contribution in [-0.4, -0.2) is 52.7 Å². The Kier molecular flexibility index (Phi) is 8.17. The lowest BCUT2D eigenvalue weighted by molar-refractivity contribution is -0.129. The van der Waals surface area contributed by atoms with Crippen molar-refractivity contribution in [3.05, 3.63) is 18.0 Å². The molecule has 0 aromatic carbocycles. The molecular weight excluding hydrogens is 443 g/mol. The number of aromatic nitrogens is 2. The van der Waals surface area contributed by atoms with Gasteiger partial charge in [0.05, 0.1) is 18.3 Å². The van der Waals surface area contributed by atoms with Crippen LogP contribution in [0.2, 0.25) is 0 Å². The summed E-state index contributed by atoms with van der Waals surface area (Å²) < 4.78 is 2.12. The highest BCUT2D eigenvalue weighted by Gasteiger charge is 2.25. The van der Waals surface area contributed by atoms with Crippen LogP contribution in [0, 0.1) is 0 Å². The first-order valence-electron chi connectivity index (χ1n) is 9.48. The minimum atomic E-state index is 0. The maximum absolute atomic E-state index is 11.8. The van der Waals surface area contributed by atoms with E-state index in [9.17, 15) is 4.79 Å². The zero-order valence-electron chi connectivity index (χ0n) is 15.8. The summed E-state index contributed by atoms with van der Waals surface area (Å²) in [5.74, 6) is 0.996. The molecule has 2 fully saturated rings. The van der Waals surface area contributed by atoms with E-state index in [1.165, 1.54) is 25.7 Å². The lowest BCUT2D eigenvalue weighted by atomic mass is 10.3. The number of nitrogens with zero attached hydrogens (tertiary/aromatic N) is 4. The Hall–Kier alpha value is -1.32. The Morgan fingerprint density at radius 1 is 1.35 bits per heavy atom. The van der Waals surface area contributed by atoms with Crippen molar-refractivity contribution in [2.45, 2.75) is 64.1 Å². The second kappa shape index (κ2) is 10.1. The van der Waals surface area contributed by atoms with Crippen LogP contribution in [0.15, 0.2) is 17.3 Å². The molecule has 1 aromatic heterocycles. The van der Waals surface area contributed by atoms with Gasteiger partial charge in [-0.25, -0.2) is 0 Å². The highest BCUT2D eigenvalue weighted by molar-refractivity contribution is 14.0. The molecule has 0 radical (unpaired) electrons. The minimum absolute atomic E-state index is 0. The van der Waals surface area contributed by atoms with Crippen molar-refractivity contribution in [2.24, 2.45) is 4.99 Å². The number of hydrogen-bond donors (Lipinski definition) is 2. The van der Waals surface area contributed by atoms with Crippen LogP contribution >= 0.6 is 24.0 Å². The normalized spacial score (nSPS) is 20.9. The first-order chi connectivity index (χ1) is 12.2. The summed E-state index contributed by atoms with van der Waals surface area (Å²) in [5.41, 5.74) is 1.03. The van der Waals surface area contributed by atoms with Gasteiger partial charge in [0, 0.05) is 38.8 Å². The van der Waals surface area contributed by atoms with Gasteiger partial charge in [-0.1, -0.05) is 19.8 Å². The largest absolute Gasteiger partial charge is 0.352 e. The molecule has 0 spiro atoms. The van der Waals surface area contributed by atoms with Crippen molar-refractivity contribution < 1.29 is 4.79 Å². The van der Waals surface area contributed by atoms with Crippen LogP contribution in [0.3, 0.4) is 0 Å². The number of rotatable bonds is 5. The fourth-order valence-electron chi connectivity index (χ4n) is 3.73. The van der Waals surface area contributed by atoms with Gasteiger partial charge in [0.25, 0.3) is 0 Å². The average molecular weight is 474 g/mol. The Morgan fingerprint density at radius 3 is 2.81 bits per heavy atom. The first kappa shape index (κ1) is 21.0. The second-order valence-corrected chi connectivity index (χ2v) is 6.97. The molecule has 1 amide bonds. The van der Waals surface area contributed by atoms with Crippen molar-refractivity contribution in [1.29, 1.82) is 0 Å². The smallest absolute Gasteiger partial charge is 0.222 e. The molecule has 0 bridgehead atoms. The predicted molar refractivity (Wildman–Crippen MR) is 114 cm³/mol. The number of amides is 1. The fraction of sp³-hybridized carbons (Fsp3) is 0.722. The molecule has 3 rings (SSSR count). The third-order valence-electron chi connectivity index (χ3n) is 5.21. The topological polar surface area (TPSA) is 74.6 Å². The Balaban J connectivity index is 0.00000243. The SMILES string of the molecule is CCC(=O)N1CCC(NC(=NC)NCc2ccn(C3CCCC3)n2)C1.I. The van der Waals surface area contributed by atoms with Crippen LogP contribution < -0.4 is 10.6 Å². The van der Waals surface area contributed by atoms with Crippen molar-refractivity contribution in [2.75, 3.05) is 20.1 Å². The second-order valence-electron chi connectivity index (χ2n) is 6.97. The standard InChI is InChI=1S/C18H30N6O.HI/c1-3-17(25)23-10-8-15(13-23)21-18(19-2)20-12-14-9-11-24(22-14)16-6-4-5-7-16;/h9,11,15-16H,3-8,10,12-13H2,1-2H3,(H2,19,20,21);1H. The third kappa shape index (κ3) is 5.34. The molecule has 1 unspecified atom stereocenters. The highest BCUT2D eigenvalue weighted by Crippen LogP contribution is 2.28. The number of carbonyl (C=O) groups excluding carboxylic acids is 1. The van der Waals surface area contributed by atoms with Crippen molar-refractivity contribution in [1.82, 2.24) is 25.3 Å². The first-order valence-corrected chi connectivity index (χ1v) is 9.48. The Morgan fingerprint density at radius 2 is 2.12 bits per heavy atom. The molecule has 146 valence electrons. The Bertz CT molecular complexity index is 611. The highest BCUT2D eigenvalue weighted by atomic mass is 127. The zero-order valence-corrected chi connectivity index (χ0v) is 18.1. The van der Waals surface area contributed by atoms with Gasteiger partial charge >= 0.3 is 0 Å². The van der Waals surface area contributed by atoms with E-state index in [-0.39, 0.29) is 35.9 Å². The summed E-state index contributed by atoms with van der Waals surface area (Å²) in [6.45, 7) is 4.15. The van der Waals surface area contributed by atoms with Gasteiger partial charge < -0.3 is 15.5 Å². The van der Waals surface area contributed by atoms with Gasteiger partial charge in [0.15, 0.2) is 5.96 Å². The zero-order chi connectivity index (χ0) is 17.6. The van der Waals surface area contributed by atoms with Gasteiger partial charge in [-0.3, -0.25) is 14.5 Å². The predicted octanol–water partition coefficient (Wildman–Crippen LogP) is 2.29. The summed E-state index contributed by atoms with van der Waals surface area (Å²) in [6, 6.07) is 2.92. The van der Waals surface area contributed by atoms with E-state index in [2.05, 4.69) is 32.6 Å². The average Bonchev–Trinajstić information content (AvgIpc) is 3.38. The number of aliphatic imine (C=N–C) groups is 1. The molecule has 2 heterocycles. The summed E-state index contributed by atoms with van der Waals surface area (Å²) in [5, 5.41) is 11.4. The van der Waals surface area contributed by atoms with E-state index in [4.69, 9.17) is 5.10 Å². The van der Waals surface area contributed by atoms with Gasteiger partial charge in [0.1, 0.15) is 0 Å². The lowest BCUT2D eigenvalue weighted by Crippen LogP contribution is -2.44. The number of likely N-dealkylation sites (tertiary alicyclic amines) is 1. The van der Waals surface area contributed by atoms with E-state index in [1.54, 1.807) is 7.05 Å². The van der Waals surface area contributed by atoms with E-state index < -0.39 is 0 Å². The number of hydrogen-bond acceptors (Lipinski definition) is 3. The van der Waals surface area contributed by atoms with E-state index in [0.717, 1.165) is 31.2 Å². The summed E-state index contributed by atoms with van der Waals surface area (Å²) in [6.07, 6.45) is 8.74. The number of carbonyl (C=O) groups is 1. The van der Waals surface area contributed by atoms with Crippen LogP contribution in [0.5, 0.6) is 0 Å². The monoisotopic (exact) mass is 474 g/mol. The molecular formula is C18H31IN6O. The molecule has 1 aliphatic heterocycles. The molecule has 8 heteroatoms. The van der Waals surface area contributed by atoms with Crippen molar-refractivity contribution in [3.63, 3.8) is 0 Å². The maximum atomic E-state index is 11.8. The molecule has 1 atom stereocenters. The minimum Gasteiger partial charge on any atom is -0.352 e. The molecule has 2 N–H and O–H groups in total. The van der Waals surface area contributed by atoms with Gasteiger partial charge in [-0.15, -0.1) is 24.0 Å². The summed E-state index contributed by atoms with van der Waals surface area (Å²) in [4.78, 5) is 18.0. The molecule has 7 nitrogen and oxygen atoms in total. The van der Waals surface area contributed by atoms with E-state index in [1.807, 2.05) is 11.8 Å². The molecule has 1 aromatic rings. The van der Waals surface area contributed by atoms with Crippen molar-refractivity contribution in [3.8, 4) is 0 Å². The third-order valence-corrected chi connectivity index (χ3v) is 5.21. The van der Waals surface area contributed by atoms with Crippen LogP contribution in [0.4, 0.5) is 0 Å². The number of guanidine groups is 1. The van der Waals surface area contributed by atoms with Crippen LogP contribution in [-0.2, 0) is 11.3 Å². The van der Waals surface area contributed by atoms with Crippen LogP contribution in [0.25, 0.3) is 0 Å². The Labute approximate surface area is 173 Å². The summed E-state index contributed by atoms with van der Waals surface area (Å²) >= 11 is 0. The van der Waals surface area contributed by atoms with Gasteiger partial charge in [-0.2, -0.15) is 5.10 Å². The van der Waals surface area contributed by atoms with Crippen LogP contribution in [0.1, 0.15) is 57.2 Å². The van der Waals surface area contributed by atoms with Gasteiger partial charge in [0.2, 0.25) is 5.91 Å². The van der Waals surface area contributed by atoms with Crippen molar-refractivity contribution >= 4 is 35.8 Å². The quantitative estimate of drug-likeness (QED) is 0.390. The van der Waals surface area contributed by atoms with Gasteiger partial charge in [-0.05, 0) is 25.3 Å². The fourth-order valence-corrected chi connectivity index (χ4v) is 3.73.